The van der Waals surface area contributed by atoms with E-state index in [9.17, 15) is 0 Å². The van der Waals surface area contributed by atoms with Crippen molar-refractivity contribution in [2.75, 3.05) is 32.6 Å². The molecular weight excluding hydrogens is 263 g/mol. The minimum Gasteiger partial charge on any atom is -0.324 e. The molecule has 0 saturated heterocycles. The van der Waals surface area contributed by atoms with Crippen molar-refractivity contribution in [3.63, 3.8) is 0 Å². The summed E-state index contributed by atoms with van der Waals surface area (Å²) in [6.07, 6.45) is 0.825. The summed E-state index contributed by atoms with van der Waals surface area (Å²) in [6.45, 7) is 18.5. The first-order chi connectivity index (χ1) is 8.32. The Hall–Kier alpha value is 0.327. The molecule has 0 N–H and O–H groups in total. The van der Waals surface area contributed by atoms with E-state index < -0.39 is 15.7 Å². The Morgan fingerprint density at radius 1 is 0.944 bits per heavy atom. The van der Waals surface area contributed by atoms with Crippen LogP contribution in [0.25, 0.3) is 0 Å². The second-order valence-corrected chi connectivity index (χ2v) is 12.4. The van der Waals surface area contributed by atoms with Crippen molar-refractivity contribution in [2.45, 2.75) is 47.3 Å². The fraction of sp³-hybridized carbons (Fsp3) is 1.00. The summed E-state index contributed by atoms with van der Waals surface area (Å²) in [6, 6.07) is 0. The molecule has 0 aromatic rings. The van der Waals surface area contributed by atoms with Gasteiger partial charge in [0.05, 0.1) is 19.5 Å². The molecule has 4 nitrogen and oxygen atoms in total. The first-order valence-electron chi connectivity index (χ1n) is 6.96. The lowest BCUT2D eigenvalue weighted by Gasteiger charge is -2.31. The molecule has 0 spiro atoms. The minimum atomic E-state index is -2.09. The van der Waals surface area contributed by atoms with Crippen LogP contribution >= 0.6 is 7.51 Å². The first kappa shape index (κ1) is 18.3. The number of rotatable bonds is 9. The lowest BCUT2D eigenvalue weighted by atomic mass is 10.6. The maximum Gasteiger partial charge on any atom is 0.217 e. The van der Waals surface area contributed by atoms with Gasteiger partial charge in [-0.3, -0.25) is 9.31 Å². The first-order valence-corrected chi connectivity index (χ1v) is 12.2. The molecule has 0 saturated carbocycles. The van der Waals surface area contributed by atoms with E-state index in [-0.39, 0.29) is 0 Å². The van der Waals surface area contributed by atoms with Crippen molar-refractivity contribution in [1.82, 2.24) is 4.90 Å². The van der Waals surface area contributed by atoms with Gasteiger partial charge in [-0.05, 0) is 46.6 Å². The minimum absolute atomic E-state index is 0.670. The Bertz CT molecular complexity index is 266. The maximum absolute atomic E-state index is 6.00. The Morgan fingerprint density at radius 2 is 1.39 bits per heavy atom. The Kier molecular flexibility index (Phi) is 8.64. The van der Waals surface area contributed by atoms with Crippen LogP contribution in [0.1, 0.15) is 27.7 Å². The highest BCUT2D eigenvalue weighted by atomic mass is 31.2. The lowest BCUT2D eigenvalue weighted by Crippen LogP contribution is -2.27. The van der Waals surface area contributed by atoms with Gasteiger partial charge < -0.3 is 9.05 Å². The highest BCUT2D eigenvalue weighted by Crippen LogP contribution is 2.53. The van der Waals surface area contributed by atoms with Crippen molar-refractivity contribution in [3.8, 4) is 0 Å². The monoisotopic (exact) mass is 294 g/mol. The zero-order valence-electron chi connectivity index (χ0n) is 13.2. The Morgan fingerprint density at radius 3 is 1.67 bits per heavy atom. The molecule has 0 rings (SSSR count). The molecule has 0 atom stereocenters. The predicted octanol–water partition coefficient (Wildman–Crippen LogP) is 4.22. The van der Waals surface area contributed by atoms with Crippen LogP contribution in [0.3, 0.4) is 0 Å². The summed E-state index contributed by atoms with van der Waals surface area (Å²) in [5, 5.41) is 0. The third-order valence-corrected chi connectivity index (χ3v) is 8.09. The zero-order chi connectivity index (χ0) is 14.2. The van der Waals surface area contributed by atoms with Crippen molar-refractivity contribution < 1.29 is 9.05 Å². The summed E-state index contributed by atoms with van der Waals surface area (Å²) >= 11 is 0. The van der Waals surface area contributed by atoms with Crippen LogP contribution in [0.5, 0.6) is 0 Å². The van der Waals surface area contributed by atoms with Gasteiger partial charge in [0.25, 0.3) is 0 Å². The Balaban J connectivity index is 5.27. The molecule has 0 heterocycles. The lowest BCUT2D eigenvalue weighted by molar-refractivity contribution is 0.235. The normalized spacial score (nSPS) is 13.1. The average molecular weight is 294 g/mol. The van der Waals surface area contributed by atoms with Crippen molar-refractivity contribution >= 4 is 15.7 Å². The van der Waals surface area contributed by atoms with Gasteiger partial charge in [-0.2, -0.15) is 0 Å². The molecule has 18 heavy (non-hydrogen) atoms. The van der Waals surface area contributed by atoms with E-state index in [1.54, 1.807) is 0 Å². The predicted molar refractivity (Wildman–Crippen MR) is 83.7 cm³/mol. The molecule has 0 amide bonds. The highest BCUT2D eigenvalue weighted by Gasteiger charge is 2.27. The largest absolute Gasteiger partial charge is 0.324 e. The average Bonchev–Trinajstić information content (AvgIpc) is 2.24. The van der Waals surface area contributed by atoms with E-state index >= 15 is 0 Å². The highest BCUT2D eigenvalue weighted by molar-refractivity contribution is 7.57. The van der Waals surface area contributed by atoms with Crippen LogP contribution in [0, 0.1) is 0 Å². The zero-order valence-corrected chi connectivity index (χ0v) is 15.1. The van der Waals surface area contributed by atoms with E-state index in [0.29, 0.717) is 13.2 Å². The van der Waals surface area contributed by atoms with Gasteiger partial charge in [0, 0.05) is 0 Å². The smallest absolute Gasteiger partial charge is 0.217 e. The molecule has 0 aliphatic carbocycles. The number of nitrogens with zero attached hydrogens (tertiary/aromatic N) is 2. The molecule has 6 heteroatoms. The van der Waals surface area contributed by atoms with Gasteiger partial charge in [0.15, 0.2) is 8.24 Å². The Labute approximate surface area is 114 Å². The fourth-order valence-electron chi connectivity index (χ4n) is 1.75. The molecule has 0 aliphatic heterocycles. The van der Waals surface area contributed by atoms with Gasteiger partial charge in [0.2, 0.25) is 7.51 Å². The van der Waals surface area contributed by atoms with Gasteiger partial charge in [-0.1, -0.05) is 13.8 Å². The van der Waals surface area contributed by atoms with Crippen LogP contribution in [0.4, 0.5) is 0 Å². The second-order valence-electron chi connectivity index (χ2n) is 5.19. The summed E-state index contributed by atoms with van der Waals surface area (Å²) < 4.78 is 17.0. The summed E-state index contributed by atoms with van der Waals surface area (Å²) in [7, 11) is -3.66. The van der Waals surface area contributed by atoms with Crippen LogP contribution in [0.15, 0.2) is 4.41 Å². The molecule has 0 aliphatic rings. The molecule has 0 aromatic carbocycles. The van der Waals surface area contributed by atoms with Crippen LogP contribution in [-0.2, 0) is 9.05 Å². The third-order valence-electron chi connectivity index (χ3n) is 2.39. The van der Waals surface area contributed by atoms with E-state index in [1.807, 2.05) is 13.8 Å². The third kappa shape index (κ3) is 7.05. The molecule has 0 radical (unpaired) electrons. The summed E-state index contributed by atoms with van der Waals surface area (Å²) in [5.41, 5.74) is 0. The number of hydrogen-bond donors (Lipinski definition) is 0. The second kappa shape index (κ2) is 8.49. The standard InChI is InChI=1S/C12H31N2O2PSi/c1-8-14(9-2)12-17(15-10-3,16-11-4)13-18(5,6)7/h8-12H2,1-7H3. The molecule has 110 valence electrons. The van der Waals surface area contributed by atoms with E-state index in [2.05, 4.69) is 38.4 Å². The van der Waals surface area contributed by atoms with E-state index in [1.165, 1.54) is 0 Å². The van der Waals surface area contributed by atoms with Crippen LogP contribution in [0.2, 0.25) is 19.6 Å². The van der Waals surface area contributed by atoms with Gasteiger partial charge in [-0.15, -0.1) is 0 Å². The molecular formula is C12H31N2O2PSi. The summed E-state index contributed by atoms with van der Waals surface area (Å²) in [4.78, 5) is 2.35. The van der Waals surface area contributed by atoms with Crippen molar-refractivity contribution in [2.24, 2.45) is 4.41 Å². The SMILES string of the molecule is CCOP(CN(CC)CC)(=N[Si](C)(C)C)OCC. The molecule has 0 bridgehead atoms. The van der Waals surface area contributed by atoms with Gasteiger partial charge in [-0.25, -0.2) is 0 Å². The number of hydrogen-bond acceptors (Lipinski definition) is 4. The van der Waals surface area contributed by atoms with Crippen molar-refractivity contribution in [3.05, 3.63) is 0 Å². The maximum atomic E-state index is 6.00. The van der Waals surface area contributed by atoms with Gasteiger partial charge >= 0.3 is 0 Å². The van der Waals surface area contributed by atoms with Gasteiger partial charge in [0.1, 0.15) is 0 Å². The topological polar surface area (TPSA) is 34.1 Å². The van der Waals surface area contributed by atoms with Crippen molar-refractivity contribution in [1.29, 1.82) is 0 Å². The van der Waals surface area contributed by atoms with E-state index in [0.717, 1.165) is 19.4 Å². The summed E-state index contributed by atoms with van der Waals surface area (Å²) in [5.74, 6) is 0. The fourth-order valence-corrected chi connectivity index (χ4v) is 8.07. The molecule has 0 unspecified atom stereocenters. The van der Waals surface area contributed by atoms with Crippen LogP contribution in [-0.4, -0.2) is 45.7 Å². The molecule has 0 aromatic heterocycles. The molecule has 0 fully saturated rings. The quantitative estimate of drug-likeness (QED) is 0.471. The van der Waals surface area contributed by atoms with Crippen LogP contribution < -0.4 is 0 Å². The van der Waals surface area contributed by atoms with E-state index in [4.69, 9.17) is 13.5 Å².